The summed E-state index contributed by atoms with van der Waals surface area (Å²) in [6.45, 7) is 0. The van der Waals surface area contributed by atoms with E-state index in [-0.39, 0.29) is 103 Å². The summed E-state index contributed by atoms with van der Waals surface area (Å²) < 4.78 is 0. The van der Waals surface area contributed by atoms with Crippen LogP contribution in [0.1, 0.15) is 0 Å². The molecule has 0 N–H and O–H groups in total. The quantitative estimate of drug-likeness (QED) is 0.441. The van der Waals surface area contributed by atoms with Gasteiger partial charge < -0.3 is 0 Å². The normalized spacial score (nSPS) is 0. The zero-order chi connectivity index (χ0) is 0. The van der Waals surface area contributed by atoms with Crippen molar-refractivity contribution in [3.8, 4) is 0 Å². The monoisotopic (exact) mass is 393 g/mol. The third-order valence-electron chi connectivity index (χ3n) is 0. The standard InChI is InChI=1S/5Cu.GeH4/h;;;;;1H4. The van der Waals surface area contributed by atoms with Crippen molar-refractivity contribution in [1.82, 2.24) is 0 Å². The van der Waals surface area contributed by atoms with Crippen LogP contribution in [0.4, 0.5) is 0 Å². The molecule has 0 aromatic carbocycles. The second-order valence-corrected chi connectivity index (χ2v) is 0. The predicted octanol–water partition coefficient (Wildman–Crippen LogP) is -1.46. The van der Waals surface area contributed by atoms with Gasteiger partial charge in [0.05, 0.1) is 0 Å². The first-order valence-corrected chi connectivity index (χ1v) is 0. The van der Waals surface area contributed by atoms with Gasteiger partial charge in [0, 0.05) is 85.3 Å². The van der Waals surface area contributed by atoms with Crippen molar-refractivity contribution < 1.29 is 85.3 Å². The van der Waals surface area contributed by atoms with Gasteiger partial charge in [-0.3, -0.25) is 0 Å². The van der Waals surface area contributed by atoms with E-state index < -0.39 is 0 Å². The van der Waals surface area contributed by atoms with Crippen LogP contribution in [0, 0.1) is 0 Å². The Morgan fingerprint density at radius 1 is 0.333 bits per heavy atom. The fraction of sp³-hybridized carbons (Fsp3) is 0. The van der Waals surface area contributed by atoms with Crippen molar-refractivity contribution >= 4 is 17.6 Å². The Morgan fingerprint density at radius 3 is 0.333 bits per heavy atom. The zero-order valence-electron chi connectivity index (χ0n) is 1.51. The molecule has 63 valence electrons. The van der Waals surface area contributed by atoms with E-state index in [9.17, 15) is 0 Å². The topological polar surface area (TPSA) is 0 Å². The first kappa shape index (κ1) is 61.4. The summed E-state index contributed by atoms with van der Waals surface area (Å²) >= 11 is 0. The van der Waals surface area contributed by atoms with E-state index >= 15 is 0 Å². The minimum absolute atomic E-state index is 0. The van der Waals surface area contributed by atoms with Gasteiger partial charge in [0.2, 0.25) is 0 Å². The Kier molecular flexibility index (Phi) is 431. The third-order valence-corrected chi connectivity index (χ3v) is 0. The summed E-state index contributed by atoms with van der Waals surface area (Å²) in [6, 6.07) is 0. The van der Waals surface area contributed by atoms with Gasteiger partial charge in [-0.2, -0.15) is 0 Å². The van der Waals surface area contributed by atoms with Crippen molar-refractivity contribution in [3.63, 3.8) is 0 Å². The van der Waals surface area contributed by atoms with E-state index in [0.29, 0.717) is 0 Å². The molecule has 0 aromatic heterocycles. The van der Waals surface area contributed by atoms with Gasteiger partial charge >= 0.3 is 17.6 Å². The third kappa shape index (κ3) is 27.3. The molecule has 0 aromatic rings. The average Bonchev–Trinajstić information content (AvgIpc) is 0. The first-order chi connectivity index (χ1) is 0. The molecule has 0 aliphatic carbocycles. The minimum atomic E-state index is 0. The Labute approximate surface area is 101 Å². The van der Waals surface area contributed by atoms with Crippen LogP contribution in [-0.4, -0.2) is 17.6 Å². The number of hydrogen-bond acceptors (Lipinski definition) is 0. The molecule has 0 heterocycles. The Bertz CT molecular complexity index is 3.90. The molecular weight excluding hydrogens is 390 g/mol. The van der Waals surface area contributed by atoms with E-state index in [0.717, 1.165) is 0 Å². The molecule has 0 saturated carbocycles. The summed E-state index contributed by atoms with van der Waals surface area (Å²) in [5.41, 5.74) is 0. The van der Waals surface area contributed by atoms with Crippen molar-refractivity contribution in [1.29, 1.82) is 0 Å². The van der Waals surface area contributed by atoms with Crippen LogP contribution in [0.25, 0.3) is 0 Å². The summed E-state index contributed by atoms with van der Waals surface area (Å²) in [4.78, 5) is 0. The fourth-order valence-electron chi connectivity index (χ4n) is 0. The second kappa shape index (κ2) is 42.1. The molecule has 6 heteroatoms. The molecule has 6 heavy (non-hydrogen) atoms. The van der Waals surface area contributed by atoms with Crippen LogP contribution < -0.4 is 0 Å². The molecule has 0 saturated heterocycles. The summed E-state index contributed by atoms with van der Waals surface area (Å²) in [5.74, 6) is 0. The maximum atomic E-state index is 0. The molecule has 0 spiro atoms. The molecule has 0 atom stereocenters. The number of rotatable bonds is 0. The van der Waals surface area contributed by atoms with Crippen LogP contribution in [0.5, 0.6) is 0 Å². The summed E-state index contributed by atoms with van der Waals surface area (Å²) in [7, 11) is 0. The van der Waals surface area contributed by atoms with Gasteiger partial charge in [0.15, 0.2) is 0 Å². The Morgan fingerprint density at radius 2 is 0.333 bits per heavy atom. The molecule has 5 radical (unpaired) electrons. The van der Waals surface area contributed by atoms with Crippen molar-refractivity contribution in [3.05, 3.63) is 0 Å². The Balaban J connectivity index is 0. The molecule has 0 aliphatic heterocycles. The van der Waals surface area contributed by atoms with E-state index in [1.54, 1.807) is 0 Å². The van der Waals surface area contributed by atoms with Gasteiger partial charge in [-0.1, -0.05) is 0 Å². The van der Waals surface area contributed by atoms with Crippen molar-refractivity contribution in [2.75, 3.05) is 0 Å². The Hall–Kier alpha value is 3.14. The maximum absolute atomic E-state index is 0. The van der Waals surface area contributed by atoms with Gasteiger partial charge in [-0.05, 0) is 0 Å². The van der Waals surface area contributed by atoms with Crippen LogP contribution in [0.2, 0.25) is 0 Å². The van der Waals surface area contributed by atoms with Crippen LogP contribution in [0.15, 0.2) is 0 Å². The van der Waals surface area contributed by atoms with Crippen LogP contribution in [0.3, 0.4) is 0 Å². The van der Waals surface area contributed by atoms with Gasteiger partial charge in [0.25, 0.3) is 0 Å². The second-order valence-electron chi connectivity index (χ2n) is 0. The molecular formula is H4Cu5Ge. The van der Waals surface area contributed by atoms with Crippen LogP contribution in [-0.2, 0) is 85.3 Å². The summed E-state index contributed by atoms with van der Waals surface area (Å²) in [6.07, 6.45) is 0. The van der Waals surface area contributed by atoms with E-state index in [2.05, 4.69) is 0 Å². The molecule has 0 fully saturated rings. The molecule has 0 aliphatic rings. The number of hydrogen-bond donors (Lipinski definition) is 0. The van der Waals surface area contributed by atoms with Crippen LogP contribution >= 0.6 is 0 Å². The molecule has 0 bridgehead atoms. The average molecular weight is 394 g/mol. The molecule has 0 unspecified atom stereocenters. The molecule has 0 amide bonds. The first-order valence-electron chi connectivity index (χ1n) is 0. The van der Waals surface area contributed by atoms with Crippen molar-refractivity contribution in [2.24, 2.45) is 0 Å². The van der Waals surface area contributed by atoms with E-state index in [1.165, 1.54) is 0 Å². The van der Waals surface area contributed by atoms with E-state index in [1.807, 2.05) is 0 Å². The molecule has 0 rings (SSSR count). The predicted molar refractivity (Wildman–Crippen MR) is 11.3 cm³/mol. The summed E-state index contributed by atoms with van der Waals surface area (Å²) in [5, 5.41) is 0. The van der Waals surface area contributed by atoms with Gasteiger partial charge in [-0.25, -0.2) is 0 Å². The zero-order valence-corrected chi connectivity index (χ0v) is 6.22. The van der Waals surface area contributed by atoms with Gasteiger partial charge in [-0.15, -0.1) is 0 Å². The van der Waals surface area contributed by atoms with E-state index in [4.69, 9.17) is 0 Å². The molecule has 0 nitrogen and oxygen atoms in total. The van der Waals surface area contributed by atoms with Gasteiger partial charge in [0.1, 0.15) is 0 Å². The fourth-order valence-corrected chi connectivity index (χ4v) is 0. The SMILES string of the molecule is [Cu].[Cu].[Cu].[Cu].[Cu].[GeH4]. The van der Waals surface area contributed by atoms with Crippen molar-refractivity contribution in [2.45, 2.75) is 0 Å².